The highest BCUT2D eigenvalue weighted by atomic mass is 16.7. The fraction of sp³-hybridized carbons (Fsp3) is 0.133. The Morgan fingerprint density at radius 3 is 2.21 bits per heavy atom. The van der Waals surface area contributed by atoms with Gasteiger partial charge in [0.1, 0.15) is 5.71 Å². The van der Waals surface area contributed by atoms with Crippen molar-refractivity contribution in [2.45, 2.75) is 26.8 Å². The van der Waals surface area contributed by atoms with E-state index >= 15 is 0 Å². The molecule has 5 aromatic rings. The molecule has 5 rings (SSSR count). The Labute approximate surface area is 199 Å². The van der Waals surface area contributed by atoms with Crippen LogP contribution in [0.2, 0.25) is 0 Å². The molecule has 168 valence electrons. The predicted molar refractivity (Wildman–Crippen MR) is 138 cm³/mol. The Kier molecular flexibility index (Phi) is 5.96. The molecule has 4 nitrogen and oxygen atoms in total. The number of aryl methyl sites for hydroxylation is 2. The van der Waals surface area contributed by atoms with E-state index in [-0.39, 0.29) is 0 Å². The Morgan fingerprint density at radius 1 is 0.765 bits per heavy atom. The second-order valence-electron chi connectivity index (χ2n) is 8.45. The van der Waals surface area contributed by atoms with Crippen molar-refractivity contribution in [2.24, 2.45) is 5.16 Å². The van der Waals surface area contributed by atoms with Gasteiger partial charge >= 0.3 is 5.97 Å². The third-order valence-corrected chi connectivity index (χ3v) is 6.05. The number of rotatable bonds is 6. The summed E-state index contributed by atoms with van der Waals surface area (Å²) in [5.41, 5.74) is 6.45. The first-order chi connectivity index (χ1) is 16.7. The second kappa shape index (κ2) is 9.36. The van der Waals surface area contributed by atoms with Gasteiger partial charge in [-0.15, -0.1) is 0 Å². The van der Waals surface area contributed by atoms with Gasteiger partial charge in [0, 0.05) is 39.5 Å². The number of para-hydroxylation sites is 1. The van der Waals surface area contributed by atoms with Crippen molar-refractivity contribution < 1.29 is 9.63 Å². The van der Waals surface area contributed by atoms with Gasteiger partial charge in [-0.1, -0.05) is 84.4 Å². The zero-order chi connectivity index (χ0) is 23.5. The zero-order valence-electron chi connectivity index (χ0n) is 19.4. The molecule has 0 fully saturated rings. The Morgan fingerprint density at radius 2 is 1.44 bits per heavy atom. The van der Waals surface area contributed by atoms with Gasteiger partial charge < -0.3 is 9.40 Å². The van der Waals surface area contributed by atoms with Crippen molar-refractivity contribution >= 4 is 33.5 Å². The smallest absolute Gasteiger partial charge is 0.340 e. The molecule has 1 heterocycles. The van der Waals surface area contributed by atoms with Gasteiger partial charge in [0.05, 0.1) is 5.56 Å². The van der Waals surface area contributed by atoms with Crippen LogP contribution in [0.5, 0.6) is 0 Å². The van der Waals surface area contributed by atoms with Crippen molar-refractivity contribution in [1.82, 2.24) is 4.57 Å². The maximum absolute atomic E-state index is 12.6. The number of fused-ring (bicyclic) bond motifs is 3. The SMILES string of the molecule is CCCn1c2ccccc2c2cc(/C(=N\OC(=O)c3ccccc3)c3ccc(C)cc3)ccc21. The van der Waals surface area contributed by atoms with E-state index in [1.54, 1.807) is 24.3 Å². The lowest BCUT2D eigenvalue weighted by molar-refractivity contribution is 0.0517. The highest BCUT2D eigenvalue weighted by molar-refractivity contribution is 6.17. The van der Waals surface area contributed by atoms with E-state index in [0.717, 1.165) is 35.0 Å². The number of hydrogen-bond acceptors (Lipinski definition) is 3. The molecule has 0 saturated heterocycles. The molecule has 0 N–H and O–H groups in total. The van der Waals surface area contributed by atoms with E-state index < -0.39 is 5.97 Å². The predicted octanol–water partition coefficient (Wildman–Crippen LogP) is 7.12. The summed E-state index contributed by atoms with van der Waals surface area (Å²) in [6.45, 7) is 5.19. The quantitative estimate of drug-likeness (QED) is 0.158. The van der Waals surface area contributed by atoms with E-state index in [4.69, 9.17) is 4.84 Å². The van der Waals surface area contributed by atoms with Crippen molar-refractivity contribution in [3.05, 3.63) is 119 Å². The zero-order valence-corrected chi connectivity index (χ0v) is 19.4. The molecule has 4 aromatic carbocycles. The van der Waals surface area contributed by atoms with E-state index in [2.05, 4.69) is 59.1 Å². The van der Waals surface area contributed by atoms with Gasteiger partial charge in [0.15, 0.2) is 0 Å². The number of hydrogen-bond donors (Lipinski definition) is 0. The fourth-order valence-corrected chi connectivity index (χ4v) is 4.36. The average molecular weight is 447 g/mol. The summed E-state index contributed by atoms with van der Waals surface area (Å²) in [5.74, 6) is -0.481. The molecule has 0 aliphatic rings. The minimum Gasteiger partial charge on any atom is -0.340 e. The molecule has 0 unspecified atom stereocenters. The van der Waals surface area contributed by atoms with Crippen molar-refractivity contribution in [2.75, 3.05) is 0 Å². The minimum absolute atomic E-state index is 0.465. The van der Waals surface area contributed by atoms with Crippen LogP contribution in [0.4, 0.5) is 0 Å². The van der Waals surface area contributed by atoms with Crippen molar-refractivity contribution in [3.8, 4) is 0 Å². The first-order valence-electron chi connectivity index (χ1n) is 11.6. The average Bonchev–Trinajstić information content (AvgIpc) is 3.19. The first-order valence-corrected chi connectivity index (χ1v) is 11.6. The molecule has 0 spiro atoms. The van der Waals surface area contributed by atoms with Crippen molar-refractivity contribution in [1.29, 1.82) is 0 Å². The maximum Gasteiger partial charge on any atom is 0.365 e. The summed E-state index contributed by atoms with van der Waals surface area (Å²) in [6, 6.07) is 31.8. The van der Waals surface area contributed by atoms with Crippen LogP contribution < -0.4 is 0 Å². The molecule has 0 bridgehead atoms. The number of aromatic nitrogens is 1. The number of benzene rings is 4. The van der Waals surface area contributed by atoms with Crippen LogP contribution in [-0.2, 0) is 11.4 Å². The van der Waals surface area contributed by atoms with Crippen molar-refractivity contribution in [3.63, 3.8) is 0 Å². The van der Waals surface area contributed by atoms with Gasteiger partial charge in [-0.05, 0) is 43.7 Å². The molecule has 0 atom stereocenters. The largest absolute Gasteiger partial charge is 0.365 e. The summed E-state index contributed by atoms with van der Waals surface area (Å²) < 4.78 is 2.37. The lowest BCUT2D eigenvalue weighted by atomic mass is 9.99. The van der Waals surface area contributed by atoms with Crippen LogP contribution in [0.3, 0.4) is 0 Å². The third-order valence-electron chi connectivity index (χ3n) is 6.05. The normalized spacial score (nSPS) is 11.8. The highest BCUT2D eigenvalue weighted by Gasteiger charge is 2.15. The lowest BCUT2D eigenvalue weighted by Crippen LogP contribution is -2.08. The van der Waals surface area contributed by atoms with E-state index in [1.807, 2.05) is 37.3 Å². The van der Waals surface area contributed by atoms with Crippen LogP contribution in [0.15, 0.2) is 102 Å². The molecule has 0 aliphatic carbocycles. The van der Waals surface area contributed by atoms with Crippen LogP contribution in [0.25, 0.3) is 21.8 Å². The monoisotopic (exact) mass is 446 g/mol. The fourth-order valence-electron chi connectivity index (χ4n) is 4.36. The molecular weight excluding hydrogens is 420 g/mol. The van der Waals surface area contributed by atoms with Gasteiger partial charge in [0.2, 0.25) is 0 Å². The molecule has 0 amide bonds. The topological polar surface area (TPSA) is 43.6 Å². The molecule has 0 saturated carbocycles. The lowest BCUT2D eigenvalue weighted by Gasteiger charge is -2.09. The second-order valence-corrected chi connectivity index (χ2v) is 8.45. The summed E-state index contributed by atoms with van der Waals surface area (Å²) in [7, 11) is 0. The Balaban J connectivity index is 1.63. The first kappa shape index (κ1) is 21.7. The van der Waals surface area contributed by atoms with E-state index in [1.165, 1.54) is 16.4 Å². The summed E-state index contributed by atoms with van der Waals surface area (Å²) in [5, 5.41) is 6.73. The van der Waals surface area contributed by atoms with E-state index in [9.17, 15) is 4.79 Å². The molecule has 0 radical (unpaired) electrons. The molecule has 4 heteroatoms. The number of carbonyl (C=O) groups excluding carboxylic acids is 1. The third kappa shape index (κ3) is 4.11. The maximum atomic E-state index is 12.6. The summed E-state index contributed by atoms with van der Waals surface area (Å²) in [6.07, 6.45) is 1.06. The van der Waals surface area contributed by atoms with Crippen LogP contribution in [0.1, 0.15) is 40.4 Å². The van der Waals surface area contributed by atoms with E-state index in [0.29, 0.717) is 11.3 Å². The van der Waals surface area contributed by atoms with Crippen LogP contribution in [0, 0.1) is 6.92 Å². The number of oxime groups is 1. The number of nitrogens with zero attached hydrogens (tertiary/aromatic N) is 2. The van der Waals surface area contributed by atoms with Gasteiger partial charge in [-0.2, -0.15) is 0 Å². The van der Waals surface area contributed by atoms with Crippen LogP contribution >= 0.6 is 0 Å². The minimum atomic E-state index is -0.481. The summed E-state index contributed by atoms with van der Waals surface area (Å²) in [4.78, 5) is 18.0. The van der Waals surface area contributed by atoms with Gasteiger partial charge in [0.25, 0.3) is 0 Å². The van der Waals surface area contributed by atoms with Gasteiger partial charge in [-0.25, -0.2) is 4.79 Å². The number of carbonyl (C=O) groups is 1. The van der Waals surface area contributed by atoms with Gasteiger partial charge in [-0.3, -0.25) is 0 Å². The Hall–Kier alpha value is -4.18. The molecule has 1 aromatic heterocycles. The molecule has 0 aliphatic heterocycles. The molecular formula is C30H26N2O2. The summed E-state index contributed by atoms with van der Waals surface area (Å²) >= 11 is 0. The Bertz CT molecular complexity index is 1500. The van der Waals surface area contributed by atoms with Crippen LogP contribution in [-0.4, -0.2) is 16.2 Å². The molecule has 34 heavy (non-hydrogen) atoms. The standard InChI is InChI=1S/C30H26N2O2/c1-3-19-32-27-12-8-7-11-25(27)26-20-24(17-18-28(26)32)29(22-15-13-21(2)14-16-22)31-34-30(33)23-9-5-4-6-10-23/h4-18,20H,3,19H2,1-2H3/b31-29-. The highest BCUT2D eigenvalue weighted by Crippen LogP contribution is 2.31.